The van der Waals surface area contributed by atoms with E-state index < -0.39 is 0 Å². The molecule has 2 aromatic carbocycles. The third-order valence-corrected chi connectivity index (χ3v) is 5.54. The molecular weight excluding hydrogens is 403 g/mol. The van der Waals surface area contributed by atoms with E-state index in [0.717, 1.165) is 12.0 Å². The Morgan fingerprint density at radius 3 is 2.63 bits per heavy atom. The van der Waals surface area contributed by atoms with Crippen LogP contribution in [0.3, 0.4) is 0 Å². The summed E-state index contributed by atoms with van der Waals surface area (Å²) in [7, 11) is 0. The molecule has 1 saturated heterocycles. The number of carbonyl (C=O) groups excluding carboxylic acids is 1. The lowest BCUT2D eigenvalue weighted by molar-refractivity contribution is -0.117. The summed E-state index contributed by atoms with van der Waals surface area (Å²) in [6, 6.07) is 11.7. The normalized spacial score (nSPS) is 17.5. The number of nitrogens with one attached hydrogen (secondary N) is 1. The van der Waals surface area contributed by atoms with Crippen LogP contribution < -0.4 is 10.2 Å². The molecule has 0 bridgehead atoms. The lowest BCUT2D eigenvalue weighted by atomic mass is 9.92. The van der Waals surface area contributed by atoms with Gasteiger partial charge in [-0.05, 0) is 30.4 Å². The first-order chi connectivity index (χ1) is 14.2. The molecule has 0 saturated carbocycles. The van der Waals surface area contributed by atoms with E-state index in [1.807, 2.05) is 43.9 Å². The summed E-state index contributed by atoms with van der Waals surface area (Å²) < 4.78 is 21.3. The number of benzene rings is 2. The number of hydrogen-bond acceptors (Lipinski definition) is 3. The number of ether oxygens (including phenoxy) is 1. The summed E-state index contributed by atoms with van der Waals surface area (Å²) in [6.07, 6.45) is 1.08. The highest BCUT2D eigenvalue weighted by atomic mass is 35.5. The van der Waals surface area contributed by atoms with Gasteiger partial charge in [-0.2, -0.15) is 0 Å². The Kier molecular flexibility index (Phi) is 7.04. The molecule has 1 atom stereocenters. The van der Waals surface area contributed by atoms with Crippen molar-refractivity contribution >= 4 is 28.9 Å². The molecule has 162 valence electrons. The van der Waals surface area contributed by atoms with Gasteiger partial charge in [0.25, 0.3) is 0 Å². The Balaban J connectivity index is 1.77. The van der Waals surface area contributed by atoms with Gasteiger partial charge in [0.15, 0.2) is 5.82 Å². The second-order valence-corrected chi connectivity index (χ2v) is 9.43. The third kappa shape index (κ3) is 5.52. The first-order valence-electron chi connectivity index (χ1n) is 10.4. The molecule has 4 nitrogen and oxygen atoms in total. The van der Waals surface area contributed by atoms with E-state index >= 15 is 4.39 Å². The predicted octanol–water partition coefficient (Wildman–Crippen LogP) is 6.13. The van der Waals surface area contributed by atoms with Crippen molar-refractivity contribution in [2.24, 2.45) is 5.41 Å². The van der Waals surface area contributed by atoms with E-state index in [-0.39, 0.29) is 23.2 Å². The molecule has 0 radical (unpaired) electrons. The van der Waals surface area contributed by atoms with Crippen molar-refractivity contribution in [2.45, 2.75) is 46.6 Å². The Morgan fingerprint density at radius 1 is 1.27 bits per heavy atom. The van der Waals surface area contributed by atoms with Gasteiger partial charge in [-0.3, -0.25) is 4.79 Å². The Morgan fingerprint density at radius 2 is 1.97 bits per heavy atom. The summed E-state index contributed by atoms with van der Waals surface area (Å²) in [4.78, 5) is 14.3. The van der Waals surface area contributed by atoms with E-state index in [4.69, 9.17) is 16.3 Å². The number of carbonyl (C=O) groups is 1. The maximum atomic E-state index is 15.3. The topological polar surface area (TPSA) is 41.6 Å². The van der Waals surface area contributed by atoms with Crippen molar-refractivity contribution in [3.8, 4) is 0 Å². The standard InChI is InChI=1S/C24H30ClFN2O2/c1-16-22(26)19(14-18(25)23(16)27-21(29)15-24(2,3)4)28-11-10-20(30-13-12-28)17-8-6-5-7-9-17/h5-9,14,20H,10-13,15H2,1-4H3,(H,27,29). The van der Waals surface area contributed by atoms with Gasteiger partial charge in [0.1, 0.15) is 0 Å². The quantitative estimate of drug-likeness (QED) is 0.631. The zero-order valence-corrected chi connectivity index (χ0v) is 18.9. The second-order valence-electron chi connectivity index (χ2n) is 9.02. The van der Waals surface area contributed by atoms with Crippen molar-refractivity contribution in [2.75, 3.05) is 29.9 Å². The van der Waals surface area contributed by atoms with Crippen molar-refractivity contribution in [1.29, 1.82) is 0 Å². The molecule has 1 heterocycles. The summed E-state index contributed by atoms with van der Waals surface area (Å²) >= 11 is 6.47. The minimum absolute atomic E-state index is 0.00760. The number of anilines is 2. The largest absolute Gasteiger partial charge is 0.372 e. The van der Waals surface area contributed by atoms with Crippen molar-refractivity contribution in [3.05, 3.63) is 58.4 Å². The molecule has 30 heavy (non-hydrogen) atoms. The van der Waals surface area contributed by atoms with Crippen LogP contribution in [0.1, 0.15) is 50.8 Å². The van der Waals surface area contributed by atoms with Gasteiger partial charge in [-0.1, -0.05) is 62.7 Å². The molecule has 1 aliphatic rings. The molecule has 0 aromatic heterocycles. The zero-order chi connectivity index (χ0) is 21.9. The van der Waals surface area contributed by atoms with Crippen LogP contribution in [0.2, 0.25) is 5.02 Å². The van der Waals surface area contributed by atoms with Crippen LogP contribution in [0.15, 0.2) is 36.4 Å². The van der Waals surface area contributed by atoms with Gasteiger partial charge in [0.05, 0.1) is 29.1 Å². The average Bonchev–Trinajstić information content (AvgIpc) is 2.93. The number of amides is 1. The van der Waals surface area contributed by atoms with Crippen LogP contribution in [-0.2, 0) is 9.53 Å². The fourth-order valence-electron chi connectivity index (χ4n) is 3.73. The molecular formula is C24H30ClFN2O2. The fourth-order valence-corrected chi connectivity index (χ4v) is 4.02. The molecule has 2 aromatic rings. The summed E-state index contributed by atoms with van der Waals surface area (Å²) in [5.74, 6) is -0.530. The van der Waals surface area contributed by atoms with Crippen LogP contribution in [-0.4, -0.2) is 25.6 Å². The number of nitrogens with zero attached hydrogens (tertiary/aromatic N) is 1. The third-order valence-electron chi connectivity index (χ3n) is 5.24. The number of halogens is 2. The van der Waals surface area contributed by atoms with E-state index in [1.165, 1.54) is 0 Å². The molecule has 1 amide bonds. The Labute approximate surface area is 183 Å². The molecule has 0 aliphatic carbocycles. The van der Waals surface area contributed by atoms with Crippen molar-refractivity contribution < 1.29 is 13.9 Å². The van der Waals surface area contributed by atoms with Gasteiger partial charge < -0.3 is 15.0 Å². The Bertz CT molecular complexity index is 896. The highest BCUT2D eigenvalue weighted by Crippen LogP contribution is 2.36. The van der Waals surface area contributed by atoms with E-state index in [2.05, 4.69) is 17.4 Å². The predicted molar refractivity (Wildman–Crippen MR) is 121 cm³/mol. The highest BCUT2D eigenvalue weighted by Gasteiger charge is 2.25. The van der Waals surface area contributed by atoms with E-state index in [9.17, 15) is 4.79 Å². The molecule has 1 aliphatic heterocycles. The van der Waals surface area contributed by atoms with Crippen LogP contribution in [0.5, 0.6) is 0 Å². The summed E-state index contributed by atoms with van der Waals surface area (Å²) in [6.45, 7) is 9.32. The smallest absolute Gasteiger partial charge is 0.224 e. The van der Waals surface area contributed by atoms with E-state index in [0.29, 0.717) is 48.1 Å². The SMILES string of the molecule is Cc1c(F)c(N2CCOC(c3ccccc3)CC2)cc(Cl)c1NC(=O)CC(C)(C)C. The fraction of sp³-hybridized carbons (Fsp3) is 0.458. The second kappa shape index (κ2) is 9.36. The number of hydrogen-bond donors (Lipinski definition) is 1. The van der Waals surface area contributed by atoms with Crippen molar-refractivity contribution in [3.63, 3.8) is 0 Å². The van der Waals surface area contributed by atoms with Gasteiger partial charge in [-0.25, -0.2) is 4.39 Å². The first-order valence-corrected chi connectivity index (χ1v) is 10.7. The summed E-state index contributed by atoms with van der Waals surface area (Å²) in [5, 5.41) is 3.14. The van der Waals surface area contributed by atoms with Crippen LogP contribution in [0, 0.1) is 18.2 Å². The minimum atomic E-state index is -0.358. The minimum Gasteiger partial charge on any atom is -0.372 e. The van der Waals surface area contributed by atoms with Crippen LogP contribution >= 0.6 is 11.6 Å². The molecule has 3 rings (SSSR count). The maximum Gasteiger partial charge on any atom is 0.224 e. The molecule has 1 unspecified atom stereocenters. The van der Waals surface area contributed by atoms with Gasteiger partial charge >= 0.3 is 0 Å². The average molecular weight is 433 g/mol. The molecule has 6 heteroatoms. The summed E-state index contributed by atoms with van der Waals surface area (Å²) in [5.41, 5.74) is 2.11. The van der Waals surface area contributed by atoms with Crippen LogP contribution in [0.25, 0.3) is 0 Å². The monoisotopic (exact) mass is 432 g/mol. The molecule has 1 N–H and O–H groups in total. The van der Waals surface area contributed by atoms with E-state index in [1.54, 1.807) is 13.0 Å². The maximum absolute atomic E-state index is 15.3. The lowest BCUT2D eigenvalue weighted by Crippen LogP contribution is -2.27. The van der Waals surface area contributed by atoms with Gasteiger partial charge in [0, 0.05) is 25.1 Å². The molecule has 0 spiro atoms. The van der Waals surface area contributed by atoms with Gasteiger partial charge in [0.2, 0.25) is 5.91 Å². The Hall–Kier alpha value is -2.11. The van der Waals surface area contributed by atoms with Gasteiger partial charge in [-0.15, -0.1) is 0 Å². The number of rotatable bonds is 4. The van der Waals surface area contributed by atoms with Crippen LogP contribution in [0.4, 0.5) is 15.8 Å². The van der Waals surface area contributed by atoms with Crippen molar-refractivity contribution in [1.82, 2.24) is 0 Å². The zero-order valence-electron chi connectivity index (χ0n) is 18.1. The lowest BCUT2D eigenvalue weighted by Gasteiger charge is -2.25. The molecule has 1 fully saturated rings. The first kappa shape index (κ1) is 22.6. The highest BCUT2D eigenvalue weighted by molar-refractivity contribution is 6.34.